The molecule has 4 N–H and O–H groups in total. The standard InChI is InChI=1S/C4H9N3O2/c5-7-3(8)4-6-1-2-9-4/h4,6H,1-2,5H2,(H,7,8). The minimum absolute atomic E-state index is 0.326. The highest BCUT2D eigenvalue weighted by atomic mass is 16.5. The Morgan fingerprint density at radius 2 is 2.67 bits per heavy atom. The van der Waals surface area contributed by atoms with Crippen LogP contribution >= 0.6 is 0 Å². The maximum Gasteiger partial charge on any atom is 0.278 e. The molecule has 1 saturated heterocycles. The lowest BCUT2D eigenvalue weighted by molar-refractivity contribution is -0.131. The Bertz CT molecular complexity index is 110. The molecule has 0 spiro atoms. The molecule has 0 aromatic heterocycles. The van der Waals surface area contributed by atoms with Crippen LogP contribution in [0.25, 0.3) is 0 Å². The number of nitrogens with one attached hydrogen (secondary N) is 2. The average Bonchev–Trinajstić information content (AvgIpc) is 2.37. The van der Waals surface area contributed by atoms with E-state index in [4.69, 9.17) is 10.6 Å². The fourth-order valence-electron chi connectivity index (χ4n) is 0.670. The van der Waals surface area contributed by atoms with Gasteiger partial charge in [-0.3, -0.25) is 15.5 Å². The topological polar surface area (TPSA) is 76.4 Å². The highest BCUT2D eigenvalue weighted by Crippen LogP contribution is 1.92. The van der Waals surface area contributed by atoms with Crippen molar-refractivity contribution in [3.63, 3.8) is 0 Å². The summed E-state index contributed by atoms with van der Waals surface area (Å²) in [6.07, 6.45) is -0.546. The van der Waals surface area contributed by atoms with Crippen LogP contribution in [0.4, 0.5) is 0 Å². The molecule has 0 saturated carbocycles. The van der Waals surface area contributed by atoms with Gasteiger partial charge in [0.05, 0.1) is 6.61 Å². The highest BCUT2D eigenvalue weighted by molar-refractivity contribution is 5.79. The highest BCUT2D eigenvalue weighted by Gasteiger charge is 2.21. The van der Waals surface area contributed by atoms with Crippen molar-refractivity contribution in [3.8, 4) is 0 Å². The summed E-state index contributed by atoms with van der Waals surface area (Å²) >= 11 is 0. The first kappa shape index (κ1) is 6.47. The second-order valence-corrected chi connectivity index (χ2v) is 1.71. The van der Waals surface area contributed by atoms with Gasteiger partial charge < -0.3 is 4.74 Å². The second kappa shape index (κ2) is 2.77. The van der Waals surface area contributed by atoms with Gasteiger partial charge >= 0.3 is 0 Å². The normalized spacial score (nSPS) is 26.1. The van der Waals surface area contributed by atoms with E-state index in [0.717, 1.165) is 0 Å². The molecule has 52 valence electrons. The van der Waals surface area contributed by atoms with Gasteiger partial charge in [0.25, 0.3) is 5.91 Å². The van der Waals surface area contributed by atoms with Crippen molar-refractivity contribution >= 4 is 5.91 Å². The molecular weight excluding hydrogens is 122 g/mol. The third-order valence-electron chi connectivity index (χ3n) is 1.10. The van der Waals surface area contributed by atoms with Crippen LogP contribution in [0, 0.1) is 0 Å². The van der Waals surface area contributed by atoms with Crippen LogP contribution in [0.15, 0.2) is 0 Å². The Labute approximate surface area is 52.5 Å². The summed E-state index contributed by atoms with van der Waals surface area (Å²) in [6, 6.07) is 0. The number of nitrogens with two attached hydrogens (primary N) is 1. The monoisotopic (exact) mass is 131 g/mol. The van der Waals surface area contributed by atoms with E-state index in [0.29, 0.717) is 13.2 Å². The van der Waals surface area contributed by atoms with Gasteiger partial charge in [-0.15, -0.1) is 0 Å². The molecule has 0 bridgehead atoms. The summed E-state index contributed by atoms with van der Waals surface area (Å²) < 4.78 is 4.90. The molecule has 0 aromatic rings. The summed E-state index contributed by atoms with van der Waals surface area (Å²) in [6.45, 7) is 1.27. The number of carbonyl (C=O) groups is 1. The first-order valence-corrected chi connectivity index (χ1v) is 2.70. The van der Waals surface area contributed by atoms with E-state index in [1.54, 1.807) is 0 Å². The van der Waals surface area contributed by atoms with Crippen LogP contribution < -0.4 is 16.6 Å². The molecular formula is C4H9N3O2. The van der Waals surface area contributed by atoms with Gasteiger partial charge in [-0.2, -0.15) is 0 Å². The van der Waals surface area contributed by atoms with E-state index in [9.17, 15) is 4.79 Å². The van der Waals surface area contributed by atoms with Crippen LogP contribution in [0.3, 0.4) is 0 Å². The molecule has 5 nitrogen and oxygen atoms in total. The number of ether oxygens (including phenoxy) is 1. The lowest BCUT2D eigenvalue weighted by atomic mass is 10.5. The van der Waals surface area contributed by atoms with Crippen molar-refractivity contribution < 1.29 is 9.53 Å². The number of hydrazine groups is 1. The Hall–Kier alpha value is -0.650. The minimum Gasteiger partial charge on any atom is -0.352 e. The van der Waals surface area contributed by atoms with Crippen LogP contribution in [0.5, 0.6) is 0 Å². The molecule has 1 heterocycles. The molecule has 1 fully saturated rings. The van der Waals surface area contributed by atoms with Crippen molar-refractivity contribution in [1.29, 1.82) is 0 Å². The molecule has 1 aliphatic heterocycles. The number of hydrogen-bond acceptors (Lipinski definition) is 4. The van der Waals surface area contributed by atoms with Gasteiger partial charge in [-0.1, -0.05) is 0 Å². The first-order valence-electron chi connectivity index (χ1n) is 2.70. The van der Waals surface area contributed by atoms with E-state index in [1.165, 1.54) is 0 Å². The summed E-state index contributed by atoms with van der Waals surface area (Å²) in [5, 5.41) is 2.79. The Kier molecular flexibility index (Phi) is 1.99. The average molecular weight is 131 g/mol. The van der Waals surface area contributed by atoms with Crippen molar-refractivity contribution in [2.45, 2.75) is 6.23 Å². The van der Waals surface area contributed by atoms with E-state index < -0.39 is 6.23 Å². The molecule has 0 aromatic carbocycles. The smallest absolute Gasteiger partial charge is 0.278 e. The number of carbonyl (C=O) groups excluding carboxylic acids is 1. The maximum atomic E-state index is 10.6. The third kappa shape index (κ3) is 1.38. The van der Waals surface area contributed by atoms with Crippen molar-refractivity contribution in [2.24, 2.45) is 5.84 Å². The van der Waals surface area contributed by atoms with Gasteiger partial charge in [0, 0.05) is 6.54 Å². The van der Waals surface area contributed by atoms with Crippen molar-refractivity contribution in [3.05, 3.63) is 0 Å². The third-order valence-corrected chi connectivity index (χ3v) is 1.10. The molecule has 1 aliphatic rings. The van der Waals surface area contributed by atoms with Gasteiger partial charge in [0.15, 0.2) is 6.23 Å². The van der Waals surface area contributed by atoms with Gasteiger partial charge in [0.2, 0.25) is 0 Å². The van der Waals surface area contributed by atoms with Crippen LogP contribution in [0.2, 0.25) is 0 Å². The number of amides is 1. The zero-order valence-corrected chi connectivity index (χ0v) is 4.89. The van der Waals surface area contributed by atoms with Crippen molar-refractivity contribution in [2.75, 3.05) is 13.2 Å². The molecule has 1 unspecified atom stereocenters. The SMILES string of the molecule is NNC(=O)C1NCCO1. The predicted octanol–water partition coefficient (Wildman–Crippen LogP) is -2.08. The fraction of sp³-hybridized carbons (Fsp3) is 0.750. The quantitative estimate of drug-likeness (QED) is 0.217. The van der Waals surface area contributed by atoms with Gasteiger partial charge in [-0.25, -0.2) is 5.84 Å². The molecule has 5 heteroatoms. The minimum atomic E-state index is -0.546. The summed E-state index contributed by atoms with van der Waals surface area (Å²) in [4.78, 5) is 10.6. The van der Waals surface area contributed by atoms with Crippen LogP contribution in [-0.4, -0.2) is 25.3 Å². The van der Waals surface area contributed by atoms with Crippen LogP contribution in [-0.2, 0) is 9.53 Å². The molecule has 0 aliphatic carbocycles. The summed E-state index contributed by atoms with van der Waals surface area (Å²) in [5.41, 5.74) is 1.98. The Morgan fingerprint density at radius 3 is 3.11 bits per heavy atom. The molecule has 1 rings (SSSR count). The van der Waals surface area contributed by atoms with Crippen molar-refractivity contribution in [1.82, 2.24) is 10.7 Å². The number of hydrogen-bond donors (Lipinski definition) is 3. The maximum absolute atomic E-state index is 10.6. The molecule has 1 atom stereocenters. The predicted molar refractivity (Wildman–Crippen MR) is 30.1 cm³/mol. The molecule has 1 amide bonds. The lowest BCUT2D eigenvalue weighted by Gasteiger charge is -2.05. The second-order valence-electron chi connectivity index (χ2n) is 1.71. The largest absolute Gasteiger partial charge is 0.352 e. The lowest BCUT2D eigenvalue weighted by Crippen LogP contribution is -2.44. The van der Waals surface area contributed by atoms with Gasteiger partial charge in [-0.05, 0) is 0 Å². The molecule has 9 heavy (non-hydrogen) atoms. The van der Waals surface area contributed by atoms with E-state index >= 15 is 0 Å². The van der Waals surface area contributed by atoms with E-state index in [1.807, 2.05) is 5.43 Å². The Morgan fingerprint density at radius 1 is 1.89 bits per heavy atom. The summed E-state index contributed by atoms with van der Waals surface area (Å²) in [7, 11) is 0. The first-order chi connectivity index (χ1) is 4.34. The Balaban J connectivity index is 2.32. The van der Waals surface area contributed by atoms with E-state index in [-0.39, 0.29) is 5.91 Å². The van der Waals surface area contributed by atoms with E-state index in [2.05, 4.69) is 5.32 Å². The van der Waals surface area contributed by atoms with Gasteiger partial charge in [0.1, 0.15) is 0 Å². The molecule has 0 radical (unpaired) electrons. The fourth-order valence-corrected chi connectivity index (χ4v) is 0.670. The zero-order chi connectivity index (χ0) is 6.69. The zero-order valence-electron chi connectivity index (χ0n) is 4.89. The van der Waals surface area contributed by atoms with Crippen LogP contribution in [0.1, 0.15) is 0 Å². The summed E-state index contributed by atoms with van der Waals surface area (Å²) in [5.74, 6) is 4.51. The number of rotatable bonds is 1.